The van der Waals surface area contributed by atoms with Crippen LogP contribution in [0.3, 0.4) is 0 Å². The van der Waals surface area contributed by atoms with Crippen molar-refractivity contribution in [1.29, 1.82) is 0 Å². The Hall–Kier alpha value is -2.27. The quantitative estimate of drug-likeness (QED) is 0.766. The fraction of sp³-hybridized carbons (Fsp3) is 0.500. The molecule has 2 bridgehead atoms. The Morgan fingerprint density at radius 1 is 1.30 bits per heavy atom. The molecule has 0 aliphatic carbocycles. The van der Waals surface area contributed by atoms with Crippen LogP contribution in [0.25, 0.3) is 10.9 Å². The number of methoxy groups -OCH3 is 1. The molecular formula is C22H26N2O3. The first-order valence-corrected chi connectivity index (χ1v) is 9.71. The Bertz CT molecular complexity index is 974. The summed E-state index contributed by atoms with van der Waals surface area (Å²) in [5.74, 6) is 2.38. The molecule has 3 aliphatic rings. The van der Waals surface area contributed by atoms with Crippen LogP contribution in [0.1, 0.15) is 30.6 Å². The fourth-order valence-electron chi connectivity index (χ4n) is 5.80. The minimum Gasteiger partial charge on any atom is -0.497 e. The molecule has 0 unspecified atom stereocenters. The minimum absolute atomic E-state index is 0.295. The first-order valence-electron chi connectivity index (χ1n) is 9.71. The van der Waals surface area contributed by atoms with E-state index in [-0.39, 0.29) is 0 Å². The van der Waals surface area contributed by atoms with Crippen LogP contribution >= 0.6 is 0 Å². The van der Waals surface area contributed by atoms with Crippen LogP contribution in [0.4, 0.5) is 0 Å². The lowest BCUT2D eigenvalue weighted by atomic mass is 9.67. The van der Waals surface area contributed by atoms with E-state index in [0.29, 0.717) is 30.5 Å². The van der Waals surface area contributed by atoms with Gasteiger partial charge in [0, 0.05) is 41.2 Å². The van der Waals surface area contributed by atoms with Crippen LogP contribution in [0, 0.1) is 11.8 Å². The number of piperidine rings is 1. The highest BCUT2D eigenvalue weighted by Gasteiger charge is 2.50. The fourth-order valence-corrected chi connectivity index (χ4v) is 5.80. The third kappa shape index (κ3) is 2.18. The van der Waals surface area contributed by atoms with Crippen LogP contribution in [-0.2, 0) is 23.0 Å². The van der Waals surface area contributed by atoms with Gasteiger partial charge in [-0.3, -0.25) is 9.69 Å². The molecule has 1 saturated heterocycles. The lowest BCUT2D eigenvalue weighted by molar-refractivity contribution is -0.107. The number of aromatic nitrogens is 1. The van der Waals surface area contributed by atoms with E-state index in [1.54, 1.807) is 7.11 Å². The molecular weight excluding hydrogens is 340 g/mol. The first-order chi connectivity index (χ1) is 13.0. The molecule has 4 atom stereocenters. The molecule has 5 heteroatoms. The predicted octanol–water partition coefficient (Wildman–Crippen LogP) is 3.22. The summed E-state index contributed by atoms with van der Waals surface area (Å²) in [4.78, 5) is 14.3. The summed E-state index contributed by atoms with van der Waals surface area (Å²) in [7, 11) is 6.12. The number of fused-ring (bicyclic) bond motifs is 8. The van der Waals surface area contributed by atoms with E-state index >= 15 is 0 Å². The van der Waals surface area contributed by atoms with Crippen molar-refractivity contribution in [3.8, 4) is 5.75 Å². The average molecular weight is 366 g/mol. The van der Waals surface area contributed by atoms with Crippen LogP contribution in [0.2, 0.25) is 0 Å². The number of aldehydes is 1. The molecule has 5 rings (SSSR count). The topological polar surface area (TPSA) is 43.7 Å². The summed E-state index contributed by atoms with van der Waals surface area (Å²) < 4.78 is 13.7. The van der Waals surface area contributed by atoms with Crippen LogP contribution in [-0.4, -0.2) is 42.6 Å². The number of nitrogens with zero attached hydrogens (tertiary/aromatic N) is 2. The first kappa shape index (κ1) is 16.9. The number of hydrogen-bond donors (Lipinski definition) is 0. The standard InChI is InChI=1S/C22H26N2O3/c1-12-17(10-25)14-8-21-22-16(9-20(23(21)2)18(14)11-27-12)15-7-13(26-4)5-6-19(15)24(22)3/h5-7,10,14,18,20-21H,8-9,11H2,1-4H3/t14-,18+,20-,21+/m0/s1. The van der Waals surface area contributed by atoms with Gasteiger partial charge in [0.05, 0.1) is 25.5 Å². The smallest absolute Gasteiger partial charge is 0.149 e. The zero-order valence-electron chi connectivity index (χ0n) is 16.4. The van der Waals surface area contributed by atoms with Crippen molar-refractivity contribution in [3.05, 3.63) is 40.8 Å². The number of rotatable bonds is 2. The van der Waals surface area contributed by atoms with E-state index < -0.39 is 0 Å². The van der Waals surface area contributed by atoms with E-state index in [2.05, 4.69) is 35.7 Å². The second-order valence-corrected chi connectivity index (χ2v) is 8.21. The van der Waals surface area contributed by atoms with Crippen molar-refractivity contribution >= 4 is 17.2 Å². The van der Waals surface area contributed by atoms with Gasteiger partial charge in [-0.15, -0.1) is 0 Å². The molecule has 0 N–H and O–H groups in total. The van der Waals surface area contributed by atoms with Gasteiger partial charge < -0.3 is 14.0 Å². The Labute approximate surface area is 159 Å². The summed E-state index contributed by atoms with van der Waals surface area (Å²) in [6, 6.07) is 7.08. The molecule has 0 saturated carbocycles. The van der Waals surface area contributed by atoms with Crippen LogP contribution in [0.5, 0.6) is 5.75 Å². The number of carbonyl (C=O) groups excluding carboxylic acids is 1. The number of aryl methyl sites for hydroxylation is 1. The lowest BCUT2D eigenvalue weighted by Crippen LogP contribution is -2.55. The zero-order valence-corrected chi connectivity index (χ0v) is 16.4. The van der Waals surface area contributed by atoms with Crippen molar-refractivity contribution in [1.82, 2.24) is 9.47 Å². The number of benzene rings is 1. The van der Waals surface area contributed by atoms with Crippen molar-refractivity contribution < 1.29 is 14.3 Å². The van der Waals surface area contributed by atoms with Crippen LogP contribution in [0.15, 0.2) is 29.5 Å². The van der Waals surface area contributed by atoms with Gasteiger partial charge in [-0.05, 0) is 56.5 Å². The maximum Gasteiger partial charge on any atom is 0.149 e. The normalized spacial score (nSPS) is 29.9. The summed E-state index contributed by atoms with van der Waals surface area (Å²) >= 11 is 0. The number of likely N-dealkylation sites (N-methyl/N-ethyl adjacent to an activating group) is 1. The molecule has 1 aromatic carbocycles. The molecule has 0 spiro atoms. The van der Waals surface area contributed by atoms with Gasteiger partial charge in [0.1, 0.15) is 12.0 Å². The summed E-state index contributed by atoms with van der Waals surface area (Å²) in [5, 5.41) is 1.30. The highest BCUT2D eigenvalue weighted by Crippen LogP contribution is 2.51. The van der Waals surface area contributed by atoms with Crippen molar-refractivity contribution in [3.63, 3.8) is 0 Å². The average Bonchev–Trinajstić information content (AvgIpc) is 2.94. The van der Waals surface area contributed by atoms with E-state index in [4.69, 9.17) is 9.47 Å². The molecule has 4 heterocycles. The third-order valence-corrected chi connectivity index (χ3v) is 7.22. The predicted molar refractivity (Wildman–Crippen MR) is 104 cm³/mol. The maximum absolute atomic E-state index is 11.8. The molecule has 27 heavy (non-hydrogen) atoms. The Balaban J connectivity index is 1.68. The molecule has 1 aromatic heterocycles. The van der Waals surface area contributed by atoms with E-state index in [1.165, 1.54) is 22.2 Å². The van der Waals surface area contributed by atoms with Gasteiger partial charge in [0.25, 0.3) is 0 Å². The number of allylic oxidation sites excluding steroid dienone is 2. The molecule has 1 fully saturated rings. The highest BCUT2D eigenvalue weighted by atomic mass is 16.5. The largest absolute Gasteiger partial charge is 0.497 e. The molecule has 0 radical (unpaired) electrons. The van der Waals surface area contributed by atoms with Gasteiger partial charge in [0.2, 0.25) is 0 Å². The van der Waals surface area contributed by atoms with Gasteiger partial charge in [-0.1, -0.05) is 0 Å². The van der Waals surface area contributed by atoms with E-state index in [1.807, 2.05) is 13.0 Å². The molecule has 5 nitrogen and oxygen atoms in total. The van der Waals surface area contributed by atoms with Crippen molar-refractivity contribution in [2.45, 2.75) is 31.8 Å². The van der Waals surface area contributed by atoms with Crippen molar-refractivity contribution in [2.24, 2.45) is 18.9 Å². The van der Waals surface area contributed by atoms with Crippen LogP contribution < -0.4 is 4.74 Å². The van der Waals surface area contributed by atoms with Gasteiger partial charge >= 0.3 is 0 Å². The summed E-state index contributed by atoms with van der Waals surface area (Å²) in [6.45, 7) is 2.64. The zero-order chi connectivity index (χ0) is 18.9. The van der Waals surface area contributed by atoms with E-state index in [0.717, 1.165) is 36.2 Å². The van der Waals surface area contributed by atoms with Gasteiger partial charge in [-0.2, -0.15) is 0 Å². The monoisotopic (exact) mass is 366 g/mol. The molecule has 2 aromatic rings. The molecule has 142 valence electrons. The van der Waals surface area contributed by atoms with Crippen molar-refractivity contribution in [2.75, 3.05) is 20.8 Å². The maximum atomic E-state index is 11.8. The Morgan fingerprint density at radius 3 is 2.85 bits per heavy atom. The number of ether oxygens (including phenoxy) is 2. The molecule has 3 aliphatic heterocycles. The third-order valence-electron chi connectivity index (χ3n) is 7.22. The molecule has 0 amide bonds. The lowest BCUT2D eigenvalue weighted by Gasteiger charge is -2.53. The number of carbonyl (C=O) groups is 1. The second-order valence-electron chi connectivity index (χ2n) is 8.21. The second kappa shape index (κ2) is 5.86. The minimum atomic E-state index is 0.295. The van der Waals surface area contributed by atoms with Gasteiger partial charge in [-0.25, -0.2) is 0 Å². The number of hydrogen-bond acceptors (Lipinski definition) is 4. The highest BCUT2D eigenvalue weighted by molar-refractivity contribution is 5.87. The Morgan fingerprint density at radius 2 is 2.11 bits per heavy atom. The van der Waals surface area contributed by atoms with Gasteiger partial charge in [0.15, 0.2) is 0 Å². The Kier molecular flexibility index (Phi) is 3.66. The SMILES string of the molecule is COc1ccc2c(c1)c1c(n2C)[C@H]2C[C@H]3C(C=O)=C(C)OC[C@H]3[C@H](C1)N2C. The van der Waals surface area contributed by atoms with E-state index in [9.17, 15) is 4.79 Å². The summed E-state index contributed by atoms with van der Waals surface area (Å²) in [6.07, 6.45) is 2.99. The summed E-state index contributed by atoms with van der Waals surface area (Å²) in [5.41, 5.74) is 4.96.